The van der Waals surface area contributed by atoms with E-state index < -0.39 is 22.0 Å². The minimum atomic E-state index is -4.15. The van der Waals surface area contributed by atoms with Crippen LogP contribution in [0.3, 0.4) is 0 Å². The summed E-state index contributed by atoms with van der Waals surface area (Å²) in [6.07, 6.45) is 0. The molecule has 0 heterocycles. The van der Waals surface area contributed by atoms with Gasteiger partial charge in [-0.3, -0.25) is 0 Å². The molecule has 0 bridgehead atoms. The van der Waals surface area contributed by atoms with Gasteiger partial charge in [0, 0.05) is 5.02 Å². The first kappa shape index (κ1) is 19.1. The molecule has 1 unspecified atom stereocenters. The van der Waals surface area contributed by atoms with Crippen LogP contribution in [0.2, 0.25) is 5.02 Å². The van der Waals surface area contributed by atoms with Crippen LogP contribution < -0.4 is 9.04 Å². The average molecular weight is 384 g/mol. The molecule has 0 saturated heterocycles. The van der Waals surface area contributed by atoms with E-state index >= 15 is 0 Å². The van der Waals surface area contributed by atoms with Crippen molar-refractivity contribution in [3.05, 3.63) is 53.1 Å². The van der Waals surface area contributed by atoms with Crippen molar-refractivity contribution in [3.8, 4) is 5.75 Å². The number of carboxylic acid groups (broad SMARTS) is 1. The van der Waals surface area contributed by atoms with Gasteiger partial charge in [-0.2, -0.15) is 0 Å². The molecule has 0 saturated carbocycles. The standard InChI is InChI=1S/C17H18ClNO5S/c1-11-4-7-14(8-5-11)25(22,23)19(12(2)17(20)21)15-10-13(18)6-9-16(15)24-3/h4-10,12H,1-3H3,(H,20,21). The maximum absolute atomic E-state index is 13.1. The molecular weight excluding hydrogens is 366 g/mol. The van der Waals surface area contributed by atoms with Gasteiger partial charge in [0.05, 0.1) is 17.7 Å². The summed E-state index contributed by atoms with van der Waals surface area (Å²) in [5, 5.41) is 9.68. The maximum atomic E-state index is 13.1. The van der Waals surface area contributed by atoms with Crippen molar-refractivity contribution in [2.75, 3.05) is 11.4 Å². The van der Waals surface area contributed by atoms with Gasteiger partial charge < -0.3 is 9.84 Å². The van der Waals surface area contributed by atoms with Crippen molar-refractivity contribution in [3.63, 3.8) is 0 Å². The van der Waals surface area contributed by atoms with E-state index in [-0.39, 0.29) is 21.4 Å². The van der Waals surface area contributed by atoms with Gasteiger partial charge in [0.15, 0.2) is 0 Å². The number of anilines is 1. The van der Waals surface area contributed by atoms with Crippen LogP contribution in [0, 0.1) is 6.92 Å². The predicted molar refractivity (Wildman–Crippen MR) is 95.9 cm³/mol. The van der Waals surface area contributed by atoms with E-state index in [9.17, 15) is 18.3 Å². The van der Waals surface area contributed by atoms with E-state index in [4.69, 9.17) is 16.3 Å². The first-order valence-electron chi connectivity index (χ1n) is 7.36. The molecule has 2 aromatic rings. The summed E-state index contributed by atoms with van der Waals surface area (Å²) in [6, 6.07) is 9.18. The number of ether oxygens (including phenoxy) is 1. The number of halogens is 1. The lowest BCUT2D eigenvalue weighted by Crippen LogP contribution is -2.43. The number of hydrogen-bond acceptors (Lipinski definition) is 4. The zero-order valence-corrected chi connectivity index (χ0v) is 15.5. The molecule has 0 aliphatic rings. The van der Waals surface area contributed by atoms with Gasteiger partial charge in [-0.1, -0.05) is 29.3 Å². The SMILES string of the molecule is COc1ccc(Cl)cc1N(C(C)C(=O)O)S(=O)(=O)c1ccc(C)cc1. The van der Waals surface area contributed by atoms with Gasteiger partial charge in [0.2, 0.25) is 0 Å². The summed E-state index contributed by atoms with van der Waals surface area (Å²) >= 11 is 5.99. The smallest absolute Gasteiger partial charge is 0.327 e. The minimum Gasteiger partial charge on any atom is -0.495 e. The third kappa shape index (κ3) is 3.88. The Hall–Kier alpha value is -2.25. The summed E-state index contributed by atoms with van der Waals surface area (Å²) in [7, 11) is -2.78. The molecule has 2 rings (SSSR count). The second kappa shape index (κ2) is 7.33. The third-order valence-corrected chi connectivity index (χ3v) is 5.80. The van der Waals surface area contributed by atoms with Crippen LogP contribution in [0.15, 0.2) is 47.4 Å². The van der Waals surface area contributed by atoms with Crippen molar-refractivity contribution in [2.45, 2.75) is 24.8 Å². The third-order valence-electron chi connectivity index (χ3n) is 3.67. The van der Waals surface area contributed by atoms with Crippen molar-refractivity contribution >= 4 is 33.3 Å². The minimum absolute atomic E-state index is 0.0202. The first-order valence-corrected chi connectivity index (χ1v) is 9.17. The van der Waals surface area contributed by atoms with E-state index in [1.54, 1.807) is 12.1 Å². The first-order chi connectivity index (χ1) is 11.7. The Morgan fingerprint density at radius 1 is 1.20 bits per heavy atom. The molecule has 0 aliphatic carbocycles. The van der Waals surface area contributed by atoms with E-state index in [1.807, 2.05) is 6.92 Å². The number of benzene rings is 2. The summed E-state index contributed by atoms with van der Waals surface area (Å²) < 4.78 is 32.3. The number of sulfonamides is 1. The van der Waals surface area contributed by atoms with Crippen LogP contribution in [0.25, 0.3) is 0 Å². The number of carboxylic acids is 1. The molecule has 25 heavy (non-hydrogen) atoms. The van der Waals surface area contributed by atoms with Gasteiger partial charge in [0.1, 0.15) is 11.8 Å². The fourth-order valence-electron chi connectivity index (χ4n) is 2.31. The van der Waals surface area contributed by atoms with Gasteiger partial charge in [-0.05, 0) is 44.2 Å². The summed E-state index contributed by atoms with van der Waals surface area (Å²) in [4.78, 5) is 11.5. The number of aliphatic carboxylic acids is 1. The van der Waals surface area contributed by atoms with Crippen LogP contribution in [-0.2, 0) is 14.8 Å². The van der Waals surface area contributed by atoms with Crippen molar-refractivity contribution in [2.24, 2.45) is 0 Å². The fraction of sp³-hybridized carbons (Fsp3) is 0.235. The van der Waals surface area contributed by atoms with Crippen molar-refractivity contribution in [1.29, 1.82) is 0 Å². The number of carbonyl (C=O) groups is 1. The molecule has 0 aliphatic heterocycles. The van der Waals surface area contributed by atoms with Crippen molar-refractivity contribution in [1.82, 2.24) is 0 Å². The monoisotopic (exact) mass is 383 g/mol. The Kier molecular flexibility index (Phi) is 5.59. The average Bonchev–Trinajstić information content (AvgIpc) is 2.55. The van der Waals surface area contributed by atoms with Crippen LogP contribution >= 0.6 is 11.6 Å². The number of methoxy groups -OCH3 is 1. The van der Waals surface area contributed by atoms with Gasteiger partial charge >= 0.3 is 5.97 Å². The summed E-state index contributed by atoms with van der Waals surface area (Å²) in [6.45, 7) is 3.11. The number of rotatable bonds is 6. The zero-order chi connectivity index (χ0) is 18.8. The van der Waals surface area contributed by atoms with E-state index in [0.29, 0.717) is 0 Å². The molecular formula is C17H18ClNO5S. The van der Waals surface area contributed by atoms with E-state index in [0.717, 1.165) is 9.87 Å². The maximum Gasteiger partial charge on any atom is 0.327 e. The molecule has 6 nitrogen and oxygen atoms in total. The second-order valence-electron chi connectivity index (χ2n) is 5.44. The summed E-state index contributed by atoms with van der Waals surface area (Å²) in [5.41, 5.74) is 0.947. The lowest BCUT2D eigenvalue weighted by atomic mass is 10.2. The topological polar surface area (TPSA) is 83.9 Å². The molecule has 8 heteroatoms. The molecule has 0 spiro atoms. The fourth-order valence-corrected chi connectivity index (χ4v) is 4.09. The van der Waals surface area contributed by atoms with Gasteiger partial charge in [-0.25, -0.2) is 17.5 Å². The Bertz CT molecular complexity index is 880. The Balaban J connectivity index is 2.71. The number of aryl methyl sites for hydroxylation is 1. The highest BCUT2D eigenvalue weighted by atomic mass is 35.5. The van der Waals surface area contributed by atoms with E-state index in [2.05, 4.69) is 0 Å². The predicted octanol–water partition coefficient (Wildman–Crippen LogP) is 3.33. The van der Waals surface area contributed by atoms with Gasteiger partial charge in [-0.15, -0.1) is 0 Å². The molecule has 1 atom stereocenters. The Labute approximate surface area is 151 Å². The molecule has 134 valence electrons. The highest BCUT2D eigenvalue weighted by molar-refractivity contribution is 7.93. The Morgan fingerprint density at radius 2 is 1.80 bits per heavy atom. The van der Waals surface area contributed by atoms with Gasteiger partial charge in [0.25, 0.3) is 10.0 Å². The lowest BCUT2D eigenvalue weighted by molar-refractivity contribution is -0.137. The molecule has 2 aromatic carbocycles. The largest absolute Gasteiger partial charge is 0.495 e. The molecule has 0 aromatic heterocycles. The highest BCUT2D eigenvalue weighted by Crippen LogP contribution is 2.36. The summed E-state index contributed by atoms with van der Waals surface area (Å²) in [5.74, 6) is -1.09. The quantitative estimate of drug-likeness (QED) is 0.827. The second-order valence-corrected chi connectivity index (χ2v) is 7.70. The molecule has 1 N–H and O–H groups in total. The normalized spacial score (nSPS) is 12.5. The highest BCUT2D eigenvalue weighted by Gasteiger charge is 2.35. The number of hydrogen-bond donors (Lipinski definition) is 1. The van der Waals surface area contributed by atoms with Crippen LogP contribution in [0.4, 0.5) is 5.69 Å². The molecule has 0 fully saturated rings. The van der Waals surface area contributed by atoms with Crippen LogP contribution in [0.1, 0.15) is 12.5 Å². The zero-order valence-electron chi connectivity index (χ0n) is 13.9. The molecule has 0 amide bonds. The van der Waals surface area contributed by atoms with Crippen LogP contribution in [0.5, 0.6) is 5.75 Å². The lowest BCUT2D eigenvalue weighted by Gasteiger charge is -2.29. The number of nitrogens with zero attached hydrogens (tertiary/aromatic N) is 1. The van der Waals surface area contributed by atoms with Crippen LogP contribution in [-0.4, -0.2) is 32.6 Å². The van der Waals surface area contributed by atoms with Crippen molar-refractivity contribution < 1.29 is 23.1 Å². The Morgan fingerprint density at radius 3 is 2.32 bits per heavy atom. The molecule has 0 radical (unpaired) electrons. The van der Waals surface area contributed by atoms with E-state index in [1.165, 1.54) is 44.4 Å².